The molecule has 3 unspecified atom stereocenters. The maximum absolute atomic E-state index is 10.9. The van der Waals surface area contributed by atoms with Gasteiger partial charge >= 0.3 is 0 Å². The van der Waals surface area contributed by atoms with Gasteiger partial charge in [0.2, 0.25) is 0 Å². The summed E-state index contributed by atoms with van der Waals surface area (Å²) < 4.78 is 11.3. The fourth-order valence-electron chi connectivity index (χ4n) is 3.77. The number of aliphatic hydroxyl groups is 1. The second kappa shape index (κ2) is 5.38. The lowest BCUT2D eigenvalue weighted by molar-refractivity contribution is -0.134. The second-order valence-corrected chi connectivity index (χ2v) is 6.34. The predicted molar refractivity (Wildman–Crippen MR) is 78.0 cm³/mol. The van der Waals surface area contributed by atoms with Crippen LogP contribution in [0.4, 0.5) is 0 Å². The maximum atomic E-state index is 10.9. The number of methoxy groups -OCH3 is 1. The summed E-state index contributed by atoms with van der Waals surface area (Å²) in [7, 11) is 1.73. The van der Waals surface area contributed by atoms with Crippen LogP contribution in [0.1, 0.15) is 49.8 Å². The van der Waals surface area contributed by atoms with Gasteiger partial charge in [0, 0.05) is 13.5 Å². The molecule has 1 N–H and O–H groups in total. The summed E-state index contributed by atoms with van der Waals surface area (Å²) in [5.74, 6) is 1.57. The van der Waals surface area contributed by atoms with Gasteiger partial charge in [0.15, 0.2) is 0 Å². The molecule has 0 saturated heterocycles. The topological polar surface area (TPSA) is 38.7 Å². The molecule has 1 heterocycles. The molecular weight excluding hydrogens is 252 g/mol. The highest BCUT2D eigenvalue weighted by Crippen LogP contribution is 2.44. The van der Waals surface area contributed by atoms with Crippen LogP contribution in [0.2, 0.25) is 0 Å². The Hall–Kier alpha value is -1.06. The third-order valence-corrected chi connectivity index (χ3v) is 4.92. The van der Waals surface area contributed by atoms with E-state index in [1.165, 1.54) is 12.0 Å². The van der Waals surface area contributed by atoms with Crippen molar-refractivity contribution in [3.8, 4) is 5.75 Å². The average molecular weight is 276 g/mol. The van der Waals surface area contributed by atoms with Crippen LogP contribution < -0.4 is 4.74 Å². The average Bonchev–Trinajstić information content (AvgIpc) is 2.93. The summed E-state index contributed by atoms with van der Waals surface area (Å²) in [6, 6.07) is 6.05. The molecule has 0 radical (unpaired) electrons. The van der Waals surface area contributed by atoms with E-state index < -0.39 is 11.7 Å². The zero-order valence-corrected chi connectivity index (χ0v) is 12.4. The minimum atomic E-state index is -0.554. The first-order chi connectivity index (χ1) is 9.64. The summed E-state index contributed by atoms with van der Waals surface area (Å²) in [5.41, 5.74) is 1.74. The predicted octanol–water partition coefficient (Wildman–Crippen LogP) is 3.25. The third kappa shape index (κ3) is 2.33. The van der Waals surface area contributed by atoms with Crippen LogP contribution in [0.25, 0.3) is 0 Å². The summed E-state index contributed by atoms with van der Waals surface area (Å²) in [6.07, 6.45) is 4.60. The lowest BCUT2D eigenvalue weighted by Gasteiger charge is -2.42. The van der Waals surface area contributed by atoms with Crippen LogP contribution in [0, 0.1) is 5.92 Å². The fraction of sp³-hybridized carbons (Fsp3) is 0.647. The fourth-order valence-corrected chi connectivity index (χ4v) is 3.77. The Kier molecular flexibility index (Phi) is 3.74. The molecule has 1 fully saturated rings. The van der Waals surface area contributed by atoms with Gasteiger partial charge in [0.25, 0.3) is 0 Å². The molecule has 3 atom stereocenters. The molecule has 1 saturated carbocycles. The van der Waals surface area contributed by atoms with Crippen LogP contribution in [0.5, 0.6) is 5.75 Å². The molecule has 0 aromatic heterocycles. The Morgan fingerprint density at radius 1 is 1.45 bits per heavy atom. The van der Waals surface area contributed by atoms with Gasteiger partial charge in [0.1, 0.15) is 11.9 Å². The van der Waals surface area contributed by atoms with Crippen molar-refractivity contribution >= 4 is 0 Å². The SMILES string of the molecule is COC1(C(O)c2ccc3c(c2)CCO3)CCCC(C)C1. The Morgan fingerprint density at radius 2 is 2.30 bits per heavy atom. The van der Waals surface area contributed by atoms with E-state index in [1.54, 1.807) is 7.11 Å². The van der Waals surface area contributed by atoms with Crippen molar-refractivity contribution in [1.29, 1.82) is 0 Å². The highest BCUT2D eigenvalue weighted by molar-refractivity contribution is 5.41. The van der Waals surface area contributed by atoms with Crippen molar-refractivity contribution in [3.05, 3.63) is 29.3 Å². The third-order valence-electron chi connectivity index (χ3n) is 4.92. The van der Waals surface area contributed by atoms with Crippen molar-refractivity contribution in [2.45, 2.75) is 50.7 Å². The molecule has 1 aliphatic carbocycles. The first-order valence-corrected chi connectivity index (χ1v) is 7.63. The van der Waals surface area contributed by atoms with Gasteiger partial charge in [0.05, 0.1) is 12.2 Å². The van der Waals surface area contributed by atoms with Gasteiger partial charge in [-0.3, -0.25) is 0 Å². The van der Waals surface area contributed by atoms with Gasteiger partial charge in [-0.1, -0.05) is 25.8 Å². The standard InChI is InChI=1S/C17H24O3/c1-12-4-3-8-17(11-12,19-2)16(18)14-5-6-15-13(10-14)7-9-20-15/h5-6,10,12,16,18H,3-4,7-9,11H2,1-2H3. The van der Waals surface area contributed by atoms with E-state index in [4.69, 9.17) is 9.47 Å². The summed E-state index contributed by atoms with van der Waals surface area (Å²) in [4.78, 5) is 0. The molecule has 1 aliphatic heterocycles. The van der Waals surface area contributed by atoms with Crippen LogP contribution in [0.15, 0.2) is 18.2 Å². The van der Waals surface area contributed by atoms with Crippen LogP contribution in [-0.2, 0) is 11.2 Å². The molecule has 2 aliphatic rings. The number of fused-ring (bicyclic) bond motifs is 1. The molecule has 0 spiro atoms. The number of benzene rings is 1. The maximum Gasteiger partial charge on any atom is 0.122 e. The van der Waals surface area contributed by atoms with Crippen LogP contribution >= 0.6 is 0 Å². The van der Waals surface area contributed by atoms with Crippen molar-refractivity contribution in [3.63, 3.8) is 0 Å². The Bertz CT molecular complexity index is 485. The minimum absolute atomic E-state index is 0.425. The molecule has 0 bridgehead atoms. The molecule has 3 rings (SSSR count). The van der Waals surface area contributed by atoms with Crippen molar-refractivity contribution in [2.24, 2.45) is 5.92 Å². The van der Waals surface area contributed by atoms with E-state index in [9.17, 15) is 5.11 Å². The molecule has 1 aromatic rings. The van der Waals surface area contributed by atoms with E-state index >= 15 is 0 Å². The lowest BCUT2D eigenvalue weighted by Crippen LogP contribution is -2.42. The quantitative estimate of drug-likeness (QED) is 0.921. The first-order valence-electron chi connectivity index (χ1n) is 7.63. The zero-order chi connectivity index (χ0) is 14.2. The van der Waals surface area contributed by atoms with Crippen LogP contribution in [-0.4, -0.2) is 24.4 Å². The largest absolute Gasteiger partial charge is 0.493 e. The lowest BCUT2D eigenvalue weighted by atomic mass is 9.74. The van der Waals surface area contributed by atoms with E-state index in [0.717, 1.165) is 43.6 Å². The number of ether oxygens (including phenoxy) is 2. The summed E-state index contributed by atoms with van der Waals surface area (Å²) >= 11 is 0. The zero-order valence-electron chi connectivity index (χ0n) is 12.4. The Labute approximate surface area is 120 Å². The Balaban J connectivity index is 1.88. The van der Waals surface area contributed by atoms with E-state index in [0.29, 0.717) is 5.92 Å². The minimum Gasteiger partial charge on any atom is -0.493 e. The molecule has 3 nitrogen and oxygen atoms in total. The molecule has 0 amide bonds. The van der Waals surface area contributed by atoms with Crippen molar-refractivity contribution in [1.82, 2.24) is 0 Å². The van der Waals surface area contributed by atoms with Gasteiger partial charge in [-0.25, -0.2) is 0 Å². The Morgan fingerprint density at radius 3 is 3.05 bits per heavy atom. The molecule has 1 aromatic carbocycles. The van der Waals surface area contributed by atoms with Crippen molar-refractivity contribution in [2.75, 3.05) is 13.7 Å². The van der Waals surface area contributed by atoms with Crippen LogP contribution in [0.3, 0.4) is 0 Å². The second-order valence-electron chi connectivity index (χ2n) is 6.34. The van der Waals surface area contributed by atoms with Gasteiger partial charge in [-0.05, 0) is 42.0 Å². The normalized spacial score (nSPS) is 30.6. The molecule has 20 heavy (non-hydrogen) atoms. The van der Waals surface area contributed by atoms with Crippen molar-refractivity contribution < 1.29 is 14.6 Å². The van der Waals surface area contributed by atoms with E-state index in [1.807, 2.05) is 12.1 Å². The number of aliphatic hydroxyl groups excluding tert-OH is 1. The summed E-state index contributed by atoms with van der Waals surface area (Å²) in [5, 5.41) is 10.9. The van der Waals surface area contributed by atoms with Gasteiger partial charge in [-0.15, -0.1) is 0 Å². The highest BCUT2D eigenvalue weighted by atomic mass is 16.5. The van der Waals surface area contributed by atoms with E-state index in [2.05, 4.69) is 13.0 Å². The van der Waals surface area contributed by atoms with Gasteiger partial charge < -0.3 is 14.6 Å². The number of rotatable bonds is 3. The first kappa shape index (κ1) is 13.9. The monoisotopic (exact) mass is 276 g/mol. The number of hydrogen-bond donors (Lipinski definition) is 1. The smallest absolute Gasteiger partial charge is 0.122 e. The van der Waals surface area contributed by atoms with Gasteiger partial charge in [-0.2, -0.15) is 0 Å². The van der Waals surface area contributed by atoms with E-state index in [-0.39, 0.29) is 0 Å². The molecular formula is C17H24O3. The number of hydrogen-bond acceptors (Lipinski definition) is 3. The molecule has 110 valence electrons. The highest BCUT2D eigenvalue weighted by Gasteiger charge is 2.42. The molecule has 3 heteroatoms. The summed E-state index contributed by atoms with van der Waals surface area (Å²) in [6.45, 7) is 3.00.